The van der Waals surface area contributed by atoms with E-state index in [-0.39, 0.29) is 12.0 Å². The van der Waals surface area contributed by atoms with E-state index in [9.17, 15) is 4.79 Å². The molecule has 0 aromatic heterocycles. The van der Waals surface area contributed by atoms with E-state index in [1.54, 1.807) is 0 Å². The van der Waals surface area contributed by atoms with Crippen LogP contribution in [0.25, 0.3) is 0 Å². The van der Waals surface area contributed by atoms with Gasteiger partial charge in [0.1, 0.15) is 11.6 Å². The second kappa shape index (κ2) is 4.60. The molecule has 1 aliphatic heterocycles. The number of rotatable bonds is 1. The Morgan fingerprint density at radius 2 is 2.14 bits per heavy atom. The summed E-state index contributed by atoms with van der Waals surface area (Å²) in [5.74, 6) is -0.138. The molecule has 0 aromatic carbocycles. The Morgan fingerprint density at radius 1 is 1.43 bits per heavy atom. The predicted molar refractivity (Wildman–Crippen MR) is 56.0 cm³/mol. The molecule has 0 radical (unpaired) electrons. The van der Waals surface area contributed by atoms with Gasteiger partial charge in [-0.2, -0.15) is 0 Å². The van der Waals surface area contributed by atoms with Gasteiger partial charge in [-0.05, 0) is 33.6 Å². The predicted octanol–water partition coefficient (Wildman–Crippen LogP) is 1.64. The van der Waals surface area contributed by atoms with Crippen LogP contribution in [0.4, 0.5) is 0 Å². The number of allylic oxidation sites excluding steroid dienone is 1. The summed E-state index contributed by atoms with van der Waals surface area (Å²) < 4.78 is 5.30. The molecule has 3 nitrogen and oxygen atoms in total. The highest BCUT2D eigenvalue weighted by Gasteiger charge is 2.24. The Morgan fingerprint density at radius 3 is 2.79 bits per heavy atom. The van der Waals surface area contributed by atoms with Crippen LogP contribution in [0.5, 0.6) is 0 Å². The van der Waals surface area contributed by atoms with E-state index in [4.69, 9.17) is 4.74 Å². The summed E-state index contributed by atoms with van der Waals surface area (Å²) in [5, 5.41) is 3.14. The number of hydrogen-bond donors (Lipinski definition) is 1. The monoisotopic (exact) mass is 197 g/mol. The Bertz CT molecular complexity index is 218. The maximum absolute atomic E-state index is 11.7. The molecule has 80 valence electrons. The van der Waals surface area contributed by atoms with Gasteiger partial charge in [-0.15, -0.1) is 0 Å². The van der Waals surface area contributed by atoms with Crippen molar-refractivity contribution in [2.45, 2.75) is 45.3 Å². The number of ether oxygens (including phenoxy) is 1. The fourth-order valence-corrected chi connectivity index (χ4v) is 1.35. The van der Waals surface area contributed by atoms with Gasteiger partial charge in [-0.1, -0.05) is 12.2 Å². The Balaban J connectivity index is 2.44. The lowest BCUT2D eigenvalue weighted by molar-refractivity contribution is -0.157. The van der Waals surface area contributed by atoms with Gasteiger partial charge in [0.2, 0.25) is 0 Å². The van der Waals surface area contributed by atoms with Crippen LogP contribution in [0.1, 0.15) is 33.6 Å². The standard InChI is InChI=1S/C11H19NO2/c1-11(2,3)14-10(13)9-7-5-4-6-8-12-9/h4,6,9,12H,5,7-8H2,1-3H3. The van der Waals surface area contributed by atoms with Crippen LogP contribution < -0.4 is 5.32 Å². The van der Waals surface area contributed by atoms with Gasteiger partial charge in [-0.25, -0.2) is 0 Å². The molecule has 1 atom stereocenters. The zero-order valence-corrected chi connectivity index (χ0v) is 9.17. The first-order chi connectivity index (χ1) is 6.49. The van der Waals surface area contributed by atoms with Crippen molar-refractivity contribution in [2.75, 3.05) is 6.54 Å². The summed E-state index contributed by atoms with van der Waals surface area (Å²) in [6.45, 7) is 6.42. The average Bonchev–Trinajstić information content (AvgIpc) is 2.27. The minimum absolute atomic E-state index is 0.138. The Labute approximate surface area is 85.5 Å². The summed E-state index contributed by atoms with van der Waals surface area (Å²) in [6.07, 6.45) is 5.91. The first-order valence-corrected chi connectivity index (χ1v) is 5.10. The molecule has 0 fully saturated rings. The molecule has 0 aliphatic carbocycles. The van der Waals surface area contributed by atoms with E-state index >= 15 is 0 Å². The van der Waals surface area contributed by atoms with E-state index in [1.165, 1.54) is 0 Å². The van der Waals surface area contributed by atoms with E-state index in [1.807, 2.05) is 26.8 Å². The lowest BCUT2D eigenvalue weighted by Gasteiger charge is -2.23. The van der Waals surface area contributed by atoms with Crippen LogP contribution in [-0.4, -0.2) is 24.2 Å². The van der Waals surface area contributed by atoms with Gasteiger partial charge in [0.25, 0.3) is 0 Å². The number of esters is 1. The average molecular weight is 197 g/mol. The molecular formula is C11H19NO2. The first kappa shape index (κ1) is 11.2. The molecule has 0 saturated heterocycles. The third kappa shape index (κ3) is 3.92. The molecule has 1 unspecified atom stereocenters. The molecule has 0 amide bonds. The first-order valence-electron chi connectivity index (χ1n) is 5.10. The van der Waals surface area contributed by atoms with Crippen molar-refractivity contribution in [2.24, 2.45) is 0 Å². The van der Waals surface area contributed by atoms with Crippen molar-refractivity contribution in [3.8, 4) is 0 Å². The van der Waals surface area contributed by atoms with E-state index in [0.29, 0.717) is 0 Å². The van der Waals surface area contributed by atoms with Crippen molar-refractivity contribution in [3.05, 3.63) is 12.2 Å². The lowest BCUT2D eigenvalue weighted by atomic mass is 10.1. The van der Waals surface area contributed by atoms with Crippen molar-refractivity contribution in [1.29, 1.82) is 0 Å². The molecule has 0 aromatic rings. The van der Waals surface area contributed by atoms with E-state index < -0.39 is 5.60 Å². The van der Waals surface area contributed by atoms with Gasteiger partial charge in [-0.3, -0.25) is 4.79 Å². The third-order valence-electron chi connectivity index (χ3n) is 1.96. The normalized spacial score (nSPS) is 22.9. The zero-order valence-electron chi connectivity index (χ0n) is 9.17. The number of nitrogens with one attached hydrogen (secondary N) is 1. The van der Waals surface area contributed by atoms with E-state index in [2.05, 4.69) is 11.4 Å². The Hall–Kier alpha value is -0.830. The van der Waals surface area contributed by atoms with Gasteiger partial charge in [0, 0.05) is 6.54 Å². The number of carbonyl (C=O) groups is 1. The van der Waals surface area contributed by atoms with Crippen LogP contribution in [0, 0.1) is 0 Å². The molecule has 1 N–H and O–H groups in total. The molecule has 0 bridgehead atoms. The fourth-order valence-electron chi connectivity index (χ4n) is 1.35. The van der Waals surface area contributed by atoms with Crippen LogP contribution in [0.15, 0.2) is 12.2 Å². The van der Waals surface area contributed by atoms with Gasteiger partial charge in [0.05, 0.1) is 0 Å². The summed E-state index contributed by atoms with van der Waals surface area (Å²) in [5.41, 5.74) is -0.390. The smallest absolute Gasteiger partial charge is 0.323 e. The fraction of sp³-hybridized carbons (Fsp3) is 0.727. The van der Waals surface area contributed by atoms with Crippen LogP contribution in [0.3, 0.4) is 0 Å². The summed E-state index contributed by atoms with van der Waals surface area (Å²) in [6, 6.07) is -0.149. The summed E-state index contributed by atoms with van der Waals surface area (Å²) >= 11 is 0. The second-order valence-corrected chi connectivity index (χ2v) is 4.54. The summed E-state index contributed by atoms with van der Waals surface area (Å²) in [7, 11) is 0. The molecule has 1 heterocycles. The van der Waals surface area contributed by atoms with Crippen molar-refractivity contribution in [1.82, 2.24) is 5.32 Å². The molecule has 14 heavy (non-hydrogen) atoms. The zero-order chi connectivity index (χ0) is 10.6. The minimum Gasteiger partial charge on any atom is -0.459 e. The highest BCUT2D eigenvalue weighted by Crippen LogP contribution is 2.11. The molecule has 0 spiro atoms. The molecule has 1 rings (SSSR count). The van der Waals surface area contributed by atoms with Gasteiger partial charge >= 0.3 is 5.97 Å². The largest absolute Gasteiger partial charge is 0.459 e. The van der Waals surface area contributed by atoms with Crippen LogP contribution in [-0.2, 0) is 9.53 Å². The highest BCUT2D eigenvalue weighted by molar-refractivity contribution is 5.76. The lowest BCUT2D eigenvalue weighted by Crippen LogP contribution is -2.40. The topological polar surface area (TPSA) is 38.3 Å². The minimum atomic E-state index is -0.390. The molecular weight excluding hydrogens is 178 g/mol. The van der Waals surface area contributed by atoms with Crippen LogP contribution >= 0.6 is 0 Å². The third-order valence-corrected chi connectivity index (χ3v) is 1.96. The SMILES string of the molecule is CC(C)(C)OC(=O)C1CCC=CCN1. The van der Waals surface area contributed by atoms with Gasteiger partial charge in [0.15, 0.2) is 0 Å². The highest BCUT2D eigenvalue weighted by atomic mass is 16.6. The maximum atomic E-state index is 11.7. The van der Waals surface area contributed by atoms with Crippen molar-refractivity contribution >= 4 is 5.97 Å². The van der Waals surface area contributed by atoms with E-state index in [0.717, 1.165) is 19.4 Å². The number of carbonyl (C=O) groups excluding carboxylic acids is 1. The molecule has 1 aliphatic rings. The number of hydrogen-bond acceptors (Lipinski definition) is 3. The van der Waals surface area contributed by atoms with Crippen molar-refractivity contribution < 1.29 is 9.53 Å². The molecule has 3 heteroatoms. The summed E-state index contributed by atoms with van der Waals surface area (Å²) in [4.78, 5) is 11.7. The van der Waals surface area contributed by atoms with Crippen molar-refractivity contribution in [3.63, 3.8) is 0 Å². The quantitative estimate of drug-likeness (QED) is 0.513. The second-order valence-electron chi connectivity index (χ2n) is 4.54. The van der Waals surface area contributed by atoms with Gasteiger partial charge < -0.3 is 10.1 Å². The van der Waals surface area contributed by atoms with Crippen LogP contribution in [0.2, 0.25) is 0 Å². The maximum Gasteiger partial charge on any atom is 0.323 e. The Kier molecular flexibility index (Phi) is 3.69. The molecule has 0 saturated carbocycles.